The first-order valence-corrected chi connectivity index (χ1v) is 10.2. The Labute approximate surface area is 214 Å². The highest BCUT2D eigenvalue weighted by Crippen LogP contribution is 2.35. The number of ether oxygens (including phenoxy) is 2. The maximum absolute atomic E-state index is 12.6. The minimum Gasteiger partial charge on any atom is -0.507 e. The molecule has 0 heterocycles. The predicted molar refractivity (Wildman–Crippen MR) is 131 cm³/mol. The minimum atomic E-state index is -4.57. The van der Waals surface area contributed by atoms with Gasteiger partial charge >= 0.3 is 12.3 Å². The van der Waals surface area contributed by atoms with Gasteiger partial charge < -0.3 is 20.3 Å². The Morgan fingerprint density at radius 3 is 2.21 bits per heavy atom. The maximum atomic E-state index is 12.6. The van der Waals surface area contributed by atoms with Crippen molar-refractivity contribution < 1.29 is 32.5 Å². The molecule has 0 aromatic heterocycles. The Morgan fingerprint density at radius 1 is 1.06 bits per heavy atom. The lowest BCUT2D eigenvalue weighted by molar-refractivity contribution is -0.137. The molecule has 1 amide bonds. The summed E-state index contributed by atoms with van der Waals surface area (Å²) < 4.78 is 45.4. The number of nitrogens with two attached hydrogens (primary N) is 1. The Bertz CT molecular complexity index is 1080. The van der Waals surface area contributed by atoms with Gasteiger partial charge in [-0.25, -0.2) is 4.79 Å². The zero-order chi connectivity index (χ0) is 24.8. The molecule has 0 aliphatic heterocycles. The van der Waals surface area contributed by atoms with E-state index in [1.807, 2.05) is 24.3 Å². The van der Waals surface area contributed by atoms with Crippen molar-refractivity contribution in [2.45, 2.75) is 9.97 Å². The summed E-state index contributed by atoms with van der Waals surface area (Å²) in [5, 5.41) is 13.2. The van der Waals surface area contributed by atoms with Crippen LogP contribution in [0.1, 0.15) is 5.56 Å². The lowest BCUT2D eigenvalue weighted by Crippen LogP contribution is -2.21. The first-order valence-electron chi connectivity index (χ1n) is 9.04. The third-order valence-electron chi connectivity index (χ3n) is 4.07. The summed E-state index contributed by atoms with van der Waals surface area (Å²) in [6, 6.07) is 13.4. The van der Waals surface area contributed by atoms with Crippen LogP contribution in [-0.4, -0.2) is 28.7 Å². The van der Waals surface area contributed by atoms with E-state index in [0.29, 0.717) is 11.8 Å². The second-order valence-corrected chi connectivity index (χ2v) is 8.96. The summed E-state index contributed by atoms with van der Waals surface area (Å²) in [6.45, 7) is -0.565. The predicted octanol–water partition coefficient (Wildman–Crippen LogP) is 7.18. The highest BCUT2D eigenvalue weighted by Gasteiger charge is 2.31. The normalized spacial score (nSPS) is 11.0. The van der Waals surface area contributed by atoms with Crippen LogP contribution in [-0.2, 0) is 10.9 Å². The molecule has 4 N–H and O–H groups in total. The molecule has 3 aromatic carbocycles. The molecule has 0 fully saturated rings. The number of rotatable bonds is 3. The molecule has 0 saturated carbocycles. The summed E-state index contributed by atoms with van der Waals surface area (Å²) in [5.41, 5.74) is 5.23. The van der Waals surface area contributed by atoms with E-state index in [1.54, 1.807) is 12.1 Å². The van der Waals surface area contributed by atoms with Crippen molar-refractivity contribution >= 4 is 75.5 Å². The Balaban J connectivity index is 0.000000375. The smallest absolute Gasteiger partial charge is 0.416 e. The number of alkyl halides is 6. The van der Waals surface area contributed by atoms with E-state index in [-0.39, 0.29) is 29.6 Å². The van der Waals surface area contributed by atoms with Crippen LogP contribution in [0.15, 0.2) is 54.6 Å². The van der Waals surface area contributed by atoms with Crippen molar-refractivity contribution in [2.75, 3.05) is 24.8 Å². The summed E-state index contributed by atoms with van der Waals surface area (Å²) >= 11 is 16.1. The van der Waals surface area contributed by atoms with Gasteiger partial charge in [-0.15, -0.1) is 12.4 Å². The van der Waals surface area contributed by atoms with Crippen LogP contribution in [0.25, 0.3) is 10.8 Å². The van der Waals surface area contributed by atoms with Crippen LogP contribution in [0.3, 0.4) is 0 Å². The van der Waals surface area contributed by atoms with Crippen LogP contribution in [0, 0.1) is 0 Å². The first kappa shape index (κ1) is 29.6. The molecule has 0 bridgehead atoms. The molecule has 3 rings (SSSR count). The average molecular weight is 562 g/mol. The summed E-state index contributed by atoms with van der Waals surface area (Å²) in [4.78, 5) is 11.4. The van der Waals surface area contributed by atoms with Crippen LogP contribution in [0.5, 0.6) is 11.5 Å². The second-order valence-electron chi connectivity index (χ2n) is 6.45. The molecule has 0 unspecified atom stereocenters. The molecule has 0 aliphatic carbocycles. The number of halogens is 7. The number of fused-ring (bicyclic) bond motifs is 1. The van der Waals surface area contributed by atoms with Gasteiger partial charge in [0.1, 0.15) is 18.1 Å². The van der Waals surface area contributed by atoms with Crippen LogP contribution in [0.2, 0.25) is 0 Å². The number of benzene rings is 3. The molecular weight excluding hydrogens is 543 g/mol. The second kappa shape index (κ2) is 12.3. The van der Waals surface area contributed by atoms with Crippen molar-refractivity contribution in [1.82, 2.24) is 0 Å². The average Bonchev–Trinajstić information content (AvgIpc) is 2.74. The van der Waals surface area contributed by atoms with Gasteiger partial charge in [0.25, 0.3) is 0 Å². The monoisotopic (exact) mass is 560 g/mol. The molecule has 0 spiro atoms. The number of methoxy groups -OCH3 is 1. The first-order chi connectivity index (χ1) is 15.3. The third kappa shape index (κ3) is 8.72. The van der Waals surface area contributed by atoms with E-state index >= 15 is 0 Å². The largest absolute Gasteiger partial charge is 0.507 e. The van der Waals surface area contributed by atoms with E-state index in [4.69, 9.17) is 45.3 Å². The van der Waals surface area contributed by atoms with Gasteiger partial charge in [-0.05, 0) is 30.3 Å². The van der Waals surface area contributed by atoms with Crippen LogP contribution < -0.4 is 15.8 Å². The lowest BCUT2D eigenvalue weighted by atomic mass is 10.1. The van der Waals surface area contributed by atoms with Crippen LogP contribution in [0.4, 0.5) is 29.3 Å². The highest BCUT2D eigenvalue weighted by molar-refractivity contribution is 6.67. The van der Waals surface area contributed by atoms with E-state index in [9.17, 15) is 23.1 Å². The SMILES string of the molecule is COc1ccc(C(F)(F)F)cc1NC(=O)OCC(Cl)(Cl)Cl.Cl.Nc1ccc(O)c2ccccc12. The molecule has 0 atom stereocenters. The molecule has 13 heteroatoms. The van der Waals surface area contributed by atoms with Crippen molar-refractivity contribution in [3.8, 4) is 11.5 Å². The molecular formula is C21H19Cl4F3N2O4. The van der Waals surface area contributed by atoms with Crippen molar-refractivity contribution in [3.63, 3.8) is 0 Å². The van der Waals surface area contributed by atoms with E-state index < -0.39 is 28.2 Å². The molecule has 0 aliphatic rings. The topological polar surface area (TPSA) is 93.8 Å². The fourth-order valence-electron chi connectivity index (χ4n) is 2.58. The quantitative estimate of drug-likeness (QED) is 0.179. The van der Waals surface area contributed by atoms with E-state index in [0.717, 1.165) is 22.9 Å². The van der Waals surface area contributed by atoms with Crippen molar-refractivity contribution in [1.29, 1.82) is 0 Å². The number of amides is 1. The lowest BCUT2D eigenvalue weighted by Gasteiger charge is -2.15. The van der Waals surface area contributed by atoms with E-state index in [1.165, 1.54) is 7.11 Å². The Morgan fingerprint density at radius 2 is 1.68 bits per heavy atom. The van der Waals surface area contributed by atoms with Crippen LogP contribution >= 0.6 is 47.2 Å². The maximum Gasteiger partial charge on any atom is 0.416 e. The number of phenols is 1. The third-order valence-corrected chi connectivity index (χ3v) is 4.39. The number of phenolic OH excluding ortho intramolecular Hbond substituents is 1. The van der Waals surface area contributed by atoms with Gasteiger partial charge in [0.15, 0.2) is 0 Å². The zero-order valence-electron chi connectivity index (χ0n) is 17.3. The van der Waals surface area contributed by atoms with Gasteiger partial charge in [-0.3, -0.25) is 5.32 Å². The highest BCUT2D eigenvalue weighted by atomic mass is 35.6. The summed E-state index contributed by atoms with van der Waals surface area (Å²) in [5.74, 6) is 0.300. The van der Waals surface area contributed by atoms with Gasteiger partial charge in [0.2, 0.25) is 3.79 Å². The summed E-state index contributed by atoms with van der Waals surface area (Å²) in [7, 11) is 1.24. The molecule has 6 nitrogen and oxygen atoms in total. The number of carbonyl (C=O) groups excluding carboxylic acids is 1. The number of nitrogens with one attached hydrogen (secondary N) is 1. The Kier molecular flexibility index (Phi) is 10.7. The zero-order valence-corrected chi connectivity index (χ0v) is 20.4. The van der Waals surface area contributed by atoms with Gasteiger partial charge in [-0.2, -0.15) is 13.2 Å². The number of nitrogen functional groups attached to an aromatic ring is 1. The molecule has 3 aromatic rings. The summed E-state index contributed by atoms with van der Waals surface area (Å²) in [6.07, 6.45) is -5.65. The van der Waals surface area contributed by atoms with Gasteiger partial charge in [0, 0.05) is 16.5 Å². The van der Waals surface area contributed by atoms with Gasteiger partial charge in [-0.1, -0.05) is 59.1 Å². The molecule has 0 saturated heterocycles. The fourth-order valence-corrected chi connectivity index (χ4v) is 2.75. The number of carbonyl (C=O) groups is 1. The molecule has 0 radical (unpaired) electrons. The number of anilines is 2. The van der Waals surface area contributed by atoms with E-state index in [2.05, 4.69) is 10.1 Å². The van der Waals surface area contributed by atoms with Crippen molar-refractivity contribution in [2.24, 2.45) is 0 Å². The number of aromatic hydroxyl groups is 1. The number of hydrogen-bond donors (Lipinski definition) is 3. The molecule has 186 valence electrons. The Hall–Kier alpha value is -2.46. The number of hydrogen-bond acceptors (Lipinski definition) is 5. The minimum absolute atomic E-state index is 0. The standard InChI is InChI=1S/C11H9Cl3F3NO3.C10H9NO.ClH/c1-20-8-3-2-6(11(15,16)17)4-7(8)18-9(19)21-5-10(12,13)14;11-9-5-6-10(12)8-4-2-1-3-7(8)9;/h2-4H,5H2,1H3,(H,18,19);1-6,12H,11H2;1H. The van der Waals surface area contributed by atoms with Gasteiger partial charge in [0.05, 0.1) is 18.4 Å². The molecule has 34 heavy (non-hydrogen) atoms. The fraction of sp³-hybridized carbons (Fsp3) is 0.190. The van der Waals surface area contributed by atoms with Crippen molar-refractivity contribution in [3.05, 3.63) is 60.2 Å².